The lowest BCUT2D eigenvalue weighted by Crippen LogP contribution is -2.21. The lowest BCUT2D eigenvalue weighted by molar-refractivity contribution is -0.119. The van der Waals surface area contributed by atoms with Crippen LogP contribution in [0.3, 0.4) is 0 Å². The first kappa shape index (κ1) is 16.7. The number of halogens is 3. The molecule has 1 aromatic carbocycles. The van der Waals surface area contributed by atoms with Crippen LogP contribution in [-0.4, -0.2) is 23.5 Å². The third kappa shape index (κ3) is 4.69. The number of pyridine rings is 1. The molecular weight excluding hydrogens is 395 g/mol. The fourth-order valence-corrected chi connectivity index (χ4v) is 2.09. The molecule has 0 fully saturated rings. The molecule has 0 radical (unpaired) electrons. The zero-order valence-corrected chi connectivity index (χ0v) is 14.1. The molecular formula is C14H9BrCl2N2O3. The highest BCUT2D eigenvalue weighted by atomic mass is 79.9. The van der Waals surface area contributed by atoms with Gasteiger partial charge >= 0.3 is 5.97 Å². The molecule has 114 valence electrons. The Labute approximate surface area is 144 Å². The van der Waals surface area contributed by atoms with Crippen LogP contribution >= 0.6 is 39.1 Å². The Morgan fingerprint density at radius 2 is 1.82 bits per heavy atom. The molecule has 0 spiro atoms. The maximum atomic E-state index is 11.8. The number of esters is 1. The number of hydrogen-bond donors (Lipinski definition) is 1. The van der Waals surface area contributed by atoms with Crippen LogP contribution in [0.5, 0.6) is 0 Å². The number of benzene rings is 1. The van der Waals surface area contributed by atoms with Crippen LogP contribution in [0, 0.1) is 0 Å². The summed E-state index contributed by atoms with van der Waals surface area (Å²) in [5.74, 6) is -1.30. The van der Waals surface area contributed by atoms with Crippen molar-refractivity contribution in [1.82, 2.24) is 4.98 Å². The van der Waals surface area contributed by atoms with Gasteiger partial charge in [-0.15, -0.1) is 0 Å². The first-order valence-corrected chi connectivity index (χ1v) is 7.55. The normalized spacial score (nSPS) is 10.1. The van der Waals surface area contributed by atoms with E-state index in [1.54, 1.807) is 24.3 Å². The van der Waals surface area contributed by atoms with Crippen LogP contribution in [0.2, 0.25) is 10.2 Å². The maximum absolute atomic E-state index is 11.8. The molecule has 1 N–H and O–H groups in total. The zero-order valence-electron chi connectivity index (χ0n) is 11.0. The van der Waals surface area contributed by atoms with Gasteiger partial charge in [0.15, 0.2) is 12.3 Å². The van der Waals surface area contributed by atoms with Crippen molar-refractivity contribution in [2.45, 2.75) is 0 Å². The summed E-state index contributed by atoms with van der Waals surface area (Å²) in [5, 5.41) is 2.79. The van der Waals surface area contributed by atoms with Gasteiger partial charge in [-0.2, -0.15) is 0 Å². The van der Waals surface area contributed by atoms with Crippen molar-refractivity contribution in [2.75, 3.05) is 11.9 Å². The molecule has 0 unspecified atom stereocenters. The maximum Gasteiger partial charge on any atom is 0.359 e. The van der Waals surface area contributed by atoms with Gasteiger partial charge in [-0.05, 0) is 36.4 Å². The second kappa shape index (κ2) is 7.58. The number of amides is 1. The van der Waals surface area contributed by atoms with E-state index in [1.165, 1.54) is 12.1 Å². The summed E-state index contributed by atoms with van der Waals surface area (Å²) in [6.07, 6.45) is 0. The third-order valence-corrected chi connectivity index (χ3v) is 3.51. The number of ether oxygens (including phenoxy) is 1. The summed E-state index contributed by atoms with van der Waals surface area (Å²) in [6.45, 7) is -0.459. The summed E-state index contributed by atoms with van der Waals surface area (Å²) in [6, 6.07) is 9.84. The molecule has 22 heavy (non-hydrogen) atoms. The summed E-state index contributed by atoms with van der Waals surface area (Å²) in [5.41, 5.74) is 0.453. The molecule has 0 atom stereocenters. The second-order valence-electron chi connectivity index (χ2n) is 4.10. The van der Waals surface area contributed by atoms with E-state index in [9.17, 15) is 9.59 Å². The van der Waals surface area contributed by atoms with Gasteiger partial charge in [0.05, 0.1) is 5.02 Å². The first-order valence-electron chi connectivity index (χ1n) is 6.00. The Morgan fingerprint density at radius 3 is 2.50 bits per heavy atom. The second-order valence-corrected chi connectivity index (χ2v) is 5.81. The van der Waals surface area contributed by atoms with Crippen molar-refractivity contribution in [1.29, 1.82) is 0 Å². The number of anilines is 1. The molecule has 0 saturated heterocycles. The quantitative estimate of drug-likeness (QED) is 0.619. The van der Waals surface area contributed by atoms with Gasteiger partial charge in [0.1, 0.15) is 5.15 Å². The molecule has 0 aliphatic carbocycles. The average Bonchev–Trinajstić information content (AvgIpc) is 2.49. The van der Waals surface area contributed by atoms with E-state index in [0.717, 1.165) is 4.47 Å². The topological polar surface area (TPSA) is 68.3 Å². The van der Waals surface area contributed by atoms with Gasteiger partial charge < -0.3 is 10.1 Å². The number of aromatic nitrogens is 1. The number of rotatable bonds is 4. The molecule has 5 nitrogen and oxygen atoms in total. The highest BCUT2D eigenvalue weighted by Crippen LogP contribution is 2.18. The predicted octanol–water partition coefficient (Wildman–Crippen LogP) is 3.95. The Balaban J connectivity index is 1.91. The summed E-state index contributed by atoms with van der Waals surface area (Å²) >= 11 is 14.8. The van der Waals surface area contributed by atoms with Gasteiger partial charge in [0, 0.05) is 10.2 Å². The lowest BCUT2D eigenvalue weighted by Gasteiger charge is -2.07. The summed E-state index contributed by atoms with van der Waals surface area (Å²) < 4.78 is 5.74. The van der Waals surface area contributed by atoms with Crippen molar-refractivity contribution in [3.8, 4) is 0 Å². The molecule has 0 aliphatic rings. The van der Waals surface area contributed by atoms with E-state index in [1.807, 2.05) is 0 Å². The van der Waals surface area contributed by atoms with Crippen LogP contribution in [0.15, 0.2) is 40.9 Å². The molecule has 0 bridgehead atoms. The van der Waals surface area contributed by atoms with Crippen LogP contribution in [0.25, 0.3) is 0 Å². The van der Waals surface area contributed by atoms with Gasteiger partial charge in [0.25, 0.3) is 5.91 Å². The molecule has 2 rings (SSSR count). The number of hydrogen-bond acceptors (Lipinski definition) is 4. The highest BCUT2D eigenvalue weighted by molar-refractivity contribution is 9.10. The van der Waals surface area contributed by atoms with Crippen molar-refractivity contribution >= 4 is 56.7 Å². The van der Waals surface area contributed by atoms with Gasteiger partial charge in [-0.1, -0.05) is 39.1 Å². The first-order chi connectivity index (χ1) is 10.5. The van der Waals surface area contributed by atoms with Crippen LogP contribution in [0.1, 0.15) is 10.5 Å². The van der Waals surface area contributed by atoms with Crippen molar-refractivity contribution < 1.29 is 14.3 Å². The summed E-state index contributed by atoms with van der Waals surface area (Å²) in [4.78, 5) is 27.3. The number of carbonyl (C=O) groups excluding carboxylic acids is 2. The van der Waals surface area contributed by atoms with E-state index in [2.05, 4.69) is 26.2 Å². The monoisotopic (exact) mass is 402 g/mol. The fraction of sp³-hybridized carbons (Fsp3) is 0.0714. The number of carbonyl (C=O) groups is 2. The lowest BCUT2D eigenvalue weighted by atomic mass is 10.3. The molecule has 8 heteroatoms. The number of nitrogens with one attached hydrogen (secondary N) is 1. The van der Waals surface area contributed by atoms with Gasteiger partial charge in [0.2, 0.25) is 0 Å². The molecule has 0 saturated carbocycles. The highest BCUT2D eigenvalue weighted by Gasteiger charge is 2.16. The van der Waals surface area contributed by atoms with Crippen molar-refractivity contribution in [3.05, 3.63) is 56.7 Å². The van der Waals surface area contributed by atoms with Crippen molar-refractivity contribution in [3.63, 3.8) is 0 Å². The SMILES string of the molecule is O=C(COC(=O)c1nc(Cl)ccc1Cl)Nc1ccc(Br)cc1. The zero-order chi connectivity index (χ0) is 16.1. The smallest absolute Gasteiger partial charge is 0.359 e. The molecule has 1 aromatic heterocycles. The van der Waals surface area contributed by atoms with Gasteiger partial charge in [-0.3, -0.25) is 4.79 Å². The van der Waals surface area contributed by atoms with E-state index in [0.29, 0.717) is 5.69 Å². The standard InChI is InChI=1S/C14H9BrCl2N2O3/c15-8-1-3-9(4-2-8)18-12(20)7-22-14(21)13-10(16)5-6-11(17)19-13/h1-6H,7H2,(H,18,20). The molecule has 2 aromatic rings. The Hall–Kier alpha value is -1.63. The van der Waals surface area contributed by atoms with E-state index in [4.69, 9.17) is 27.9 Å². The Bertz CT molecular complexity index is 708. The van der Waals surface area contributed by atoms with E-state index in [-0.39, 0.29) is 15.9 Å². The largest absolute Gasteiger partial charge is 0.451 e. The van der Waals surface area contributed by atoms with E-state index < -0.39 is 18.5 Å². The van der Waals surface area contributed by atoms with Crippen LogP contribution in [0.4, 0.5) is 5.69 Å². The minimum Gasteiger partial charge on any atom is -0.451 e. The predicted molar refractivity (Wildman–Crippen MR) is 87.3 cm³/mol. The Morgan fingerprint density at radius 1 is 1.14 bits per heavy atom. The third-order valence-electron chi connectivity index (χ3n) is 2.47. The molecule has 1 heterocycles. The fourth-order valence-electron chi connectivity index (χ4n) is 1.49. The summed E-state index contributed by atoms with van der Waals surface area (Å²) in [7, 11) is 0. The van der Waals surface area contributed by atoms with Gasteiger partial charge in [-0.25, -0.2) is 9.78 Å². The van der Waals surface area contributed by atoms with Crippen molar-refractivity contribution in [2.24, 2.45) is 0 Å². The van der Waals surface area contributed by atoms with Crippen LogP contribution < -0.4 is 5.32 Å². The number of nitrogens with zero attached hydrogens (tertiary/aromatic N) is 1. The van der Waals surface area contributed by atoms with E-state index >= 15 is 0 Å². The minimum atomic E-state index is -0.821. The Kier molecular flexibility index (Phi) is 5.76. The average molecular weight is 404 g/mol. The minimum absolute atomic E-state index is 0.0997. The van der Waals surface area contributed by atoms with Crippen LogP contribution in [-0.2, 0) is 9.53 Å². The molecule has 1 amide bonds. The molecule has 0 aliphatic heterocycles.